The SMILES string of the molecule is C=CCN(CC=C)C(=S)SCCC. The molecule has 0 bridgehead atoms. The first-order chi connectivity index (χ1) is 6.26. The molecular weight excluding hydrogens is 198 g/mol. The molecule has 0 heterocycles. The van der Waals surface area contributed by atoms with Crippen molar-refractivity contribution in [3.63, 3.8) is 0 Å². The predicted octanol–water partition coefficient (Wildman–Crippen LogP) is 3.09. The summed E-state index contributed by atoms with van der Waals surface area (Å²) in [4.78, 5) is 2.09. The maximum atomic E-state index is 5.27. The summed E-state index contributed by atoms with van der Waals surface area (Å²) in [6, 6.07) is 0. The largest absolute Gasteiger partial charge is 0.350 e. The lowest BCUT2D eigenvalue weighted by Gasteiger charge is -2.21. The van der Waals surface area contributed by atoms with E-state index in [1.807, 2.05) is 12.2 Å². The third kappa shape index (κ3) is 5.88. The maximum Gasteiger partial charge on any atom is 0.136 e. The van der Waals surface area contributed by atoms with Crippen molar-refractivity contribution in [2.45, 2.75) is 13.3 Å². The van der Waals surface area contributed by atoms with Crippen LogP contribution < -0.4 is 0 Å². The fourth-order valence-electron chi connectivity index (χ4n) is 0.816. The zero-order valence-electron chi connectivity index (χ0n) is 8.16. The van der Waals surface area contributed by atoms with Gasteiger partial charge < -0.3 is 4.90 Å². The van der Waals surface area contributed by atoms with Crippen molar-refractivity contribution in [1.29, 1.82) is 0 Å². The molecule has 1 nitrogen and oxygen atoms in total. The van der Waals surface area contributed by atoms with Gasteiger partial charge >= 0.3 is 0 Å². The van der Waals surface area contributed by atoms with Crippen LogP contribution in [-0.2, 0) is 0 Å². The lowest BCUT2D eigenvalue weighted by Crippen LogP contribution is -2.27. The van der Waals surface area contributed by atoms with Gasteiger partial charge in [0.1, 0.15) is 4.32 Å². The summed E-state index contributed by atoms with van der Waals surface area (Å²) >= 11 is 6.99. The van der Waals surface area contributed by atoms with E-state index in [4.69, 9.17) is 12.2 Å². The van der Waals surface area contributed by atoms with Crippen LogP contribution in [0.15, 0.2) is 25.3 Å². The highest BCUT2D eigenvalue weighted by Gasteiger charge is 2.05. The number of thioether (sulfide) groups is 1. The molecule has 0 saturated carbocycles. The number of thiocarbonyl (C=S) groups is 1. The van der Waals surface area contributed by atoms with Crippen LogP contribution in [-0.4, -0.2) is 28.1 Å². The Morgan fingerprint density at radius 3 is 2.31 bits per heavy atom. The van der Waals surface area contributed by atoms with Gasteiger partial charge in [-0.1, -0.05) is 43.1 Å². The van der Waals surface area contributed by atoms with Crippen LogP contribution in [0.3, 0.4) is 0 Å². The van der Waals surface area contributed by atoms with Crippen LogP contribution in [0.2, 0.25) is 0 Å². The number of hydrogen-bond acceptors (Lipinski definition) is 2. The average Bonchev–Trinajstić information content (AvgIpc) is 2.14. The number of rotatable bonds is 6. The molecule has 0 aliphatic carbocycles. The minimum Gasteiger partial charge on any atom is -0.350 e. The van der Waals surface area contributed by atoms with Gasteiger partial charge in [0.2, 0.25) is 0 Å². The van der Waals surface area contributed by atoms with Gasteiger partial charge in [-0.3, -0.25) is 0 Å². The molecule has 74 valence electrons. The van der Waals surface area contributed by atoms with Gasteiger partial charge in [0.25, 0.3) is 0 Å². The molecule has 3 heteroatoms. The number of nitrogens with zero attached hydrogens (tertiary/aromatic N) is 1. The highest BCUT2D eigenvalue weighted by atomic mass is 32.2. The van der Waals surface area contributed by atoms with E-state index in [9.17, 15) is 0 Å². The summed E-state index contributed by atoms with van der Waals surface area (Å²) in [6.45, 7) is 11.2. The lowest BCUT2D eigenvalue weighted by molar-refractivity contribution is 0.533. The Labute approximate surface area is 90.9 Å². The third-order valence-corrected chi connectivity index (χ3v) is 3.12. The van der Waals surface area contributed by atoms with E-state index in [1.54, 1.807) is 11.8 Å². The second-order valence-corrected chi connectivity index (χ2v) is 4.33. The molecule has 0 aromatic rings. The Morgan fingerprint density at radius 1 is 1.38 bits per heavy atom. The predicted molar refractivity (Wildman–Crippen MR) is 67.3 cm³/mol. The highest BCUT2D eigenvalue weighted by molar-refractivity contribution is 8.22. The van der Waals surface area contributed by atoms with Crippen LogP contribution in [0, 0.1) is 0 Å². The quantitative estimate of drug-likeness (QED) is 0.495. The first kappa shape index (κ1) is 12.7. The first-order valence-corrected chi connectivity index (χ1v) is 5.79. The topological polar surface area (TPSA) is 3.24 Å². The fourth-order valence-corrected chi connectivity index (χ4v) is 1.93. The van der Waals surface area contributed by atoms with Crippen LogP contribution in [0.1, 0.15) is 13.3 Å². The Hall–Kier alpha value is -0.280. The van der Waals surface area contributed by atoms with Gasteiger partial charge in [-0.2, -0.15) is 0 Å². The first-order valence-electron chi connectivity index (χ1n) is 4.39. The molecule has 0 atom stereocenters. The Kier molecular flexibility index (Phi) is 8.14. The highest BCUT2D eigenvalue weighted by Crippen LogP contribution is 2.10. The Bertz CT molecular complexity index is 168. The molecule has 0 N–H and O–H groups in total. The van der Waals surface area contributed by atoms with Crippen molar-refractivity contribution < 1.29 is 0 Å². The summed E-state index contributed by atoms with van der Waals surface area (Å²) in [5.41, 5.74) is 0. The molecule has 0 aromatic heterocycles. The van der Waals surface area contributed by atoms with E-state index in [0.29, 0.717) is 0 Å². The molecule has 0 fully saturated rings. The zero-order chi connectivity index (χ0) is 10.1. The smallest absolute Gasteiger partial charge is 0.136 e. The van der Waals surface area contributed by atoms with Crippen LogP contribution in [0.4, 0.5) is 0 Å². The second kappa shape index (κ2) is 8.32. The van der Waals surface area contributed by atoms with E-state index < -0.39 is 0 Å². The minimum absolute atomic E-state index is 0.807. The van der Waals surface area contributed by atoms with Crippen LogP contribution in [0.5, 0.6) is 0 Å². The van der Waals surface area contributed by atoms with E-state index in [1.165, 1.54) is 0 Å². The molecule has 0 rings (SSSR count). The van der Waals surface area contributed by atoms with Crippen LogP contribution >= 0.6 is 24.0 Å². The van der Waals surface area contributed by atoms with Crippen molar-refractivity contribution in [2.24, 2.45) is 0 Å². The summed E-state index contributed by atoms with van der Waals surface area (Å²) < 4.78 is 0.946. The normalized spacial score (nSPS) is 9.31. The summed E-state index contributed by atoms with van der Waals surface area (Å²) in [5.74, 6) is 1.09. The van der Waals surface area contributed by atoms with Crippen molar-refractivity contribution >= 4 is 28.3 Å². The molecule has 0 saturated heterocycles. The molecule has 0 radical (unpaired) electrons. The summed E-state index contributed by atoms with van der Waals surface area (Å²) in [5, 5.41) is 0. The van der Waals surface area contributed by atoms with Gasteiger partial charge in [-0.15, -0.1) is 13.2 Å². The van der Waals surface area contributed by atoms with Crippen molar-refractivity contribution in [3.05, 3.63) is 25.3 Å². The standard InChI is InChI=1S/C10H17NS2/c1-4-7-11(8-5-2)10(12)13-9-6-3/h4-5H,1-2,6-9H2,3H3. The molecule has 0 aliphatic rings. The van der Waals surface area contributed by atoms with Gasteiger partial charge in [-0.25, -0.2) is 0 Å². The van der Waals surface area contributed by atoms with Gasteiger partial charge in [-0.05, 0) is 12.2 Å². The van der Waals surface area contributed by atoms with Gasteiger partial charge in [0.05, 0.1) is 0 Å². The molecule has 0 unspecified atom stereocenters. The summed E-state index contributed by atoms with van der Waals surface area (Å²) in [7, 11) is 0. The molecule has 13 heavy (non-hydrogen) atoms. The molecule has 0 aromatic carbocycles. The molecule has 0 aliphatic heterocycles. The lowest BCUT2D eigenvalue weighted by atomic mass is 10.5. The minimum atomic E-state index is 0.807. The third-order valence-electron chi connectivity index (χ3n) is 1.39. The van der Waals surface area contributed by atoms with Gasteiger partial charge in [0, 0.05) is 13.1 Å². The Balaban J connectivity index is 3.93. The van der Waals surface area contributed by atoms with Gasteiger partial charge in [0.15, 0.2) is 0 Å². The fraction of sp³-hybridized carbons (Fsp3) is 0.500. The maximum absolute atomic E-state index is 5.27. The van der Waals surface area contributed by atoms with Crippen molar-refractivity contribution in [3.8, 4) is 0 Å². The van der Waals surface area contributed by atoms with Crippen molar-refractivity contribution in [1.82, 2.24) is 4.90 Å². The summed E-state index contributed by atoms with van der Waals surface area (Å²) in [6.07, 6.45) is 4.88. The zero-order valence-corrected chi connectivity index (χ0v) is 9.79. The second-order valence-electron chi connectivity index (χ2n) is 2.60. The van der Waals surface area contributed by atoms with E-state index >= 15 is 0 Å². The molecule has 0 amide bonds. The van der Waals surface area contributed by atoms with E-state index in [-0.39, 0.29) is 0 Å². The van der Waals surface area contributed by atoms with E-state index in [2.05, 4.69) is 25.0 Å². The van der Waals surface area contributed by atoms with E-state index in [0.717, 1.165) is 29.6 Å². The van der Waals surface area contributed by atoms with Crippen molar-refractivity contribution in [2.75, 3.05) is 18.8 Å². The number of hydrogen-bond donors (Lipinski definition) is 0. The Morgan fingerprint density at radius 2 is 1.92 bits per heavy atom. The average molecular weight is 215 g/mol. The monoisotopic (exact) mass is 215 g/mol. The molecule has 0 spiro atoms. The van der Waals surface area contributed by atoms with Crippen LogP contribution in [0.25, 0.3) is 0 Å². The molecular formula is C10H17NS2.